The maximum absolute atomic E-state index is 13.2. The molecule has 0 fully saturated rings. The zero-order valence-electron chi connectivity index (χ0n) is 17.5. The van der Waals surface area contributed by atoms with Crippen LogP contribution in [0, 0.1) is 0 Å². The van der Waals surface area contributed by atoms with Crippen LogP contribution in [0.25, 0.3) is 16.6 Å². The average molecular weight is 542 g/mol. The van der Waals surface area contributed by atoms with E-state index in [9.17, 15) is 9.59 Å². The van der Waals surface area contributed by atoms with Gasteiger partial charge in [-0.1, -0.05) is 63.6 Å². The van der Waals surface area contributed by atoms with Gasteiger partial charge in [0.2, 0.25) is 0 Å². The smallest absolute Gasteiger partial charge is 0.266 e. The van der Waals surface area contributed by atoms with Gasteiger partial charge in [-0.15, -0.1) is 0 Å². The number of fused-ring (bicyclic) bond motifs is 1. The molecule has 166 valence electrons. The third kappa shape index (κ3) is 5.52. The Labute approximate surface area is 207 Å². The molecule has 3 aromatic carbocycles. The summed E-state index contributed by atoms with van der Waals surface area (Å²) in [5, 5.41) is 5.73. The van der Waals surface area contributed by atoms with E-state index in [4.69, 9.17) is 11.6 Å². The first-order valence-electron chi connectivity index (χ1n) is 9.92. The van der Waals surface area contributed by atoms with Crippen LogP contribution in [0.15, 0.2) is 92.3 Å². The summed E-state index contributed by atoms with van der Waals surface area (Å²) < 4.78 is 2.42. The summed E-state index contributed by atoms with van der Waals surface area (Å²) in [5.41, 5.74) is 5.12. The molecule has 0 aliphatic rings. The first kappa shape index (κ1) is 23.2. The summed E-state index contributed by atoms with van der Waals surface area (Å²) in [7, 11) is 0. The van der Waals surface area contributed by atoms with Crippen molar-refractivity contribution in [1.82, 2.24) is 15.0 Å². The van der Waals surface area contributed by atoms with Crippen LogP contribution >= 0.6 is 39.3 Å². The molecule has 9 heteroatoms. The molecule has 1 N–H and O–H groups in total. The van der Waals surface area contributed by atoms with Crippen molar-refractivity contribution >= 4 is 61.8 Å². The Hall–Kier alpha value is -2.94. The Balaban J connectivity index is 1.57. The number of carbonyl (C=O) groups is 1. The first-order valence-corrected chi connectivity index (χ1v) is 12.1. The highest BCUT2D eigenvalue weighted by Crippen LogP contribution is 2.22. The topological polar surface area (TPSA) is 76.3 Å². The third-order valence-corrected chi connectivity index (χ3v) is 6.49. The summed E-state index contributed by atoms with van der Waals surface area (Å²) in [6.07, 6.45) is 0. The molecule has 0 saturated heterocycles. The van der Waals surface area contributed by atoms with Gasteiger partial charge in [0.15, 0.2) is 5.16 Å². The van der Waals surface area contributed by atoms with Crippen molar-refractivity contribution in [3.8, 4) is 5.69 Å². The van der Waals surface area contributed by atoms with E-state index in [1.165, 1.54) is 16.3 Å². The fraction of sp³-hybridized carbons (Fsp3) is 0.0833. The van der Waals surface area contributed by atoms with E-state index < -0.39 is 0 Å². The minimum absolute atomic E-state index is 0.0404. The van der Waals surface area contributed by atoms with Gasteiger partial charge in [-0.3, -0.25) is 14.2 Å². The maximum Gasteiger partial charge on any atom is 0.266 e. The number of nitrogens with zero attached hydrogens (tertiary/aromatic N) is 3. The van der Waals surface area contributed by atoms with Crippen molar-refractivity contribution in [2.45, 2.75) is 12.1 Å². The predicted octanol–water partition coefficient (Wildman–Crippen LogP) is 5.43. The molecule has 0 aliphatic carbocycles. The molecule has 33 heavy (non-hydrogen) atoms. The fourth-order valence-corrected chi connectivity index (χ4v) is 4.29. The number of carbonyl (C=O) groups excluding carboxylic acids is 1. The van der Waals surface area contributed by atoms with E-state index in [2.05, 4.69) is 31.4 Å². The number of hydrogen-bond acceptors (Lipinski definition) is 5. The highest BCUT2D eigenvalue weighted by molar-refractivity contribution is 9.10. The maximum atomic E-state index is 13.2. The summed E-state index contributed by atoms with van der Waals surface area (Å²) in [5.74, 6) is -0.267. The van der Waals surface area contributed by atoms with Gasteiger partial charge < -0.3 is 0 Å². The second kappa shape index (κ2) is 10.3. The van der Waals surface area contributed by atoms with E-state index in [0.29, 0.717) is 32.5 Å². The summed E-state index contributed by atoms with van der Waals surface area (Å²) in [6.45, 7) is 1.80. The zero-order chi connectivity index (χ0) is 23.4. The normalized spacial score (nSPS) is 11.5. The van der Waals surface area contributed by atoms with Crippen molar-refractivity contribution in [2.24, 2.45) is 5.10 Å². The van der Waals surface area contributed by atoms with Crippen LogP contribution < -0.4 is 11.0 Å². The molecule has 4 aromatic rings. The van der Waals surface area contributed by atoms with E-state index >= 15 is 0 Å². The Morgan fingerprint density at radius 3 is 2.52 bits per heavy atom. The average Bonchev–Trinajstić information content (AvgIpc) is 2.82. The van der Waals surface area contributed by atoms with Crippen LogP contribution in [-0.2, 0) is 4.79 Å². The summed E-state index contributed by atoms with van der Waals surface area (Å²) in [6, 6.07) is 21.7. The monoisotopic (exact) mass is 540 g/mol. The molecular weight excluding hydrogens is 524 g/mol. The molecule has 0 bridgehead atoms. The molecule has 0 saturated carbocycles. The lowest BCUT2D eigenvalue weighted by Gasteiger charge is -2.13. The van der Waals surface area contributed by atoms with E-state index in [-0.39, 0.29) is 17.2 Å². The summed E-state index contributed by atoms with van der Waals surface area (Å²) in [4.78, 5) is 30.4. The number of benzene rings is 3. The Kier molecular flexibility index (Phi) is 7.27. The van der Waals surface area contributed by atoms with Gasteiger partial charge in [-0.05, 0) is 61.0 Å². The number of rotatable bonds is 6. The van der Waals surface area contributed by atoms with Gasteiger partial charge in [0, 0.05) is 9.50 Å². The number of hydrazone groups is 1. The number of hydrogen-bond donors (Lipinski definition) is 1. The zero-order valence-corrected chi connectivity index (χ0v) is 20.6. The predicted molar refractivity (Wildman–Crippen MR) is 138 cm³/mol. The van der Waals surface area contributed by atoms with Gasteiger partial charge in [0.25, 0.3) is 11.5 Å². The lowest BCUT2D eigenvalue weighted by molar-refractivity contribution is -0.118. The highest BCUT2D eigenvalue weighted by Gasteiger charge is 2.15. The number of para-hydroxylation sites is 1. The van der Waals surface area contributed by atoms with Crippen molar-refractivity contribution in [1.29, 1.82) is 0 Å². The van der Waals surface area contributed by atoms with E-state index in [1.54, 1.807) is 37.3 Å². The van der Waals surface area contributed by atoms with E-state index in [0.717, 1.165) is 10.0 Å². The van der Waals surface area contributed by atoms with Crippen LogP contribution in [-0.4, -0.2) is 26.9 Å². The molecule has 1 aromatic heterocycles. The fourth-order valence-electron chi connectivity index (χ4n) is 3.09. The number of amides is 1. The SMILES string of the molecule is C/C(=N\NC(=O)CSc1nc2ccccc2c(=O)n1-c1ccc(Br)cc1)c1ccc(Cl)cc1. The van der Waals surface area contributed by atoms with Gasteiger partial charge in [-0.25, -0.2) is 10.4 Å². The van der Waals surface area contributed by atoms with Crippen LogP contribution in [0.3, 0.4) is 0 Å². The van der Waals surface area contributed by atoms with Crippen LogP contribution in [0.5, 0.6) is 0 Å². The largest absolute Gasteiger partial charge is 0.272 e. The Bertz CT molecular complexity index is 1400. The van der Waals surface area contributed by atoms with Gasteiger partial charge >= 0.3 is 0 Å². The van der Waals surface area contributed by atoms with Crippen molar-refractivity contribution in [3.05, 3.63) is 98.2 Å². The van der Waals surface area contributed by atoms with Gasteiger partial charge in [-0.2, -0.15) is 5.10 Å². The molecule has 0 spiro atoms. The minimum atomic E-state index is -0.307. The van der Waals surface area contributed by atoms with Crippen LogP contribution in [0.2, 0.25) is 5.02 Å². The third-order valence-electron chi connectivity index (χ3n) is 4.77. The quantitative estimate of drug-likeness (QED) is 0.153. The molecule has 0 atom stereocenters. The second-order valence-electron chi connectivity index (χ2n) is 7.06. The van der Waals surface area contributed by atoms with Crippen molar-refractivity contribution < 1.29 is 4.79 Å². The minimum Gasteiger partial charge on any atom is -0.272 e. The molecular formula is C24H18BrClN4O2S. The molecule has 0 radical (unpaired) electrons. The Morgan fingerprint density at radius 1 is 1.09 bits per heavy atom. The van der Waals surface area contributed by atoms with Crippen LogP contribution in [0.4, 0.5) is 0 Å². The Morgan fingerprint density at radius 2 is 1.79 bits per heavy atom. The van der Waals surface area contributed by atoms with Gasteiger partial charge in [0.05, 0.1) is 28.1 Å². The molecule has 6 nitrogen and oxygen atoms in total. The van der Waals surface area contributed by atoms with E-state index in [1.807, 2.05) is 42.5 Å². The molecule has 0 unspecified atom stereocenters. The molecule has 1 amide bonds. The van der Waals surface area contributed by atoms with Crippen LogP contribution in [0.1, 0.15) is 12.5 Å². The van der Waals surface area contributed by atoms with Crippen molar-refractivity contribution in [2.75, 3.05) is 5.75 Å². The highest BCUT2D eigenvalue weighted by atomic mass is 79.9. The molecule has 4 rings (SSSR count). The number of nitrogens with one attached hydrogen (secondary N) is 1. The molecule has 0 aliphatic heterocycles. The second-order valence-corrected chi connectivity index (χ2v) is 9.35. The van der Waals surface area contributed by atoms with Crippen molar-refractivity contribution in [3.63, 3.8) is 0 Å². The van der Waals surface area contributed by atoms with Gasteiger partial charge in [0.1, 0.15) is 0 Å². The number of aromatic nitrogens is 2. The standard InChI is InChI=1S/C24H18BrClN4O2S/c1-15(16-6-10-18(26)11-7-16)28-29-22(31)14-33-24-27-21-5-3-2-4-20(21)23(32)30(24)19-12-8-17(25)9-13-19/h2-13H,14H2,1H3,(H,29,31)/b28-15+. The lowest BCUT2D eigenvalue weighted by atomic mass is 10.1. The number of thioether (sulfide) groups is 1. The number of halogens is 2. The lowest BCUT2D eigenvalue weighted by Crippen LogP contribution is -2.24. The first-order chi connectivity index (χ1) is 15.9. The molecule has 1 heterocycles. The summed E-state index contributed by atoms with van der Waals surface area (Å²) >= 11 is 10.5.